The van der Waals surface area contributed by atoms with Crippen molar-refractivity contribution in [2.45, 2.75) is 0 Å². The van der Waals surface area contributed by atoms with Crippen LogP contribution in [0.1, 0.15) is 15.9 Å². The molecule has 0 aliphatic heterocycles. The standard InChI is InChI=1S/C19H20O6/c1-22-12-25-14-7-4-13(5-8-14)6-9-16(20)19-17(21)10-15(23-2)11-18(19)24-3/h4-11,21H,12H2,1-3H3/b9-6+. The highest BCUT2D eigenvalue weighted by Gasteiger charge is 2.17. The quantitative estimate of drug-likeness (QED) is 0.450. The van der Waals surface area contributed by atoms with E-state index in [1.54, 1.807) is 43.5 Å². The lowest BCUT2D eigenvalue weighted by Crippen LogP contribution is -2.00. The summed E-state index contributed by atoms with van der Waals surface area (Å²) in [5, 5.41) is 10.1. The molecule has 0 aliphatic rings. The zero-order chi connectivity index (χ0) is 18.2. The lowest BCUT2D eigenvalue weighted by molar-refractivity contribution is 0.0511. The van der Waals surface area contributed by atoms with Gasteiger partial charge in [0, 0.05) is 19.2 Å². The van der Waals surface area contributed by atoms with Crippen molar-refractivity contribution in [3.63, 3.8) is 0 Å². The molecule has 0 bridgehead atoms. The summed E-state index contributed by atoms with van der Waals surface area (Å²) in [6.45, 7) is 0.171. The van der Waals surface area contributed by atoms with Crippen LogP contribution >= 0.6 is 0 Å². The molecule has 6 nitrogen and oxygen atoms in total. The van der Waals surface area contributed by atoms with Crippen molar-refractivity contribution in [2.24, 2.45) is 0 Å². The van der Waals surface area contributed by atoms with Gasteiger partial charge in [-0.1, -0.05) is 18.2 Å². The van der Waals surface area contributed by atoms with E-state index in [9.17, 15) is 9.90 Å². The first-order chi connectivity index (χ1) is 12.1. The molecule has 132 valence electrons. The molecule has 0 spiro atoms. The number of phenols is 1. The molecule has 2 aromatic rings. The summed E-state index contributed by atoms with van der Waals surface area (Å²) in [6, 6.07) is 10.1. The maximum absolute atomic E-state index is 12.4. The molecule has 0 amide bonds. The van der Waals surface area contributed by atoms with E-state index in [1.807, 2.05) is 0 Å². The van der Waals surface area contributed by atoms with E-state index in [4.69, 9.17) is 18.9 Å². The molecule has 0 saturated carbocycles. The van der Waals surface area contributed by atoms with E-state index in [0.29, 0.717) is 11.5 Å². The van der Waals surface area contributed by atoms with Crippen LogP contribution in [0.25, 0.3) is 6.08 Å². The number of ether oxygens (including phenoxy) is 4. The van der Waals surface area contributed by atoms with Gasteiger partial charge in [-0.25, -0.2) is 0 Å². The number of ketones is 1. The number of hydrogen-bond acceptors (Lipinski definition) is 6. The van der Waals surface area contributed by atoms with Gasteiger partial charge >= 0.3 is 0 Å². The first-order valence-corrected chi connectivity index (χ1v) is 7.48. The van der Waals surface area contributed by atoms with Gasteiger partial charge in [0.05, 0.1) is 14.2 Å². The van der Waals surface area contributed by atoms with Crippen LogP contribution in [0.5, 0.6) is 23.0 Å². The molecule has 0 fully saturated rings. The average molecular weight is 344 g/mol. The molecular weight excluding hydrogens is 324 g/mol. The van der Waals surface area contributed by atoms with E-state index in [2.05, 4.69) is 0 Å². The summed E-state index contributed by atoms with van der Waals surface area (Å²) in [6.07, 6.45) is 3.01. The normalized spacial score (nSPS) is 10.7. The van der Waals surface area contributed by atoms with Crippen LogP contribution in [0.15, 0.2) is 42.5 Å². The summed E-state index contributed by atoms with van der Waals surface area (Å²) < 4.78 is 20.3. The van der Waals surface area contributed by atoms with Crippen LogP contribution < -0.4 is 14.2 Å². The fraction of sp³-hybridized carbons (Fsp3) is 0.211. The Labute approximate surface area is 146 Å². The number of rotatable bonds is 8. The molecule has 2 rings (SSSR count). The maximum Gasteiger partial charge on any atom is 0.193 e. The predicted octanol–water partition coefficient (Wildman–Crippen LogP) is 3.29. The highest BCUT2D eigenvalue weighted by molar-refractivity contribution is 6.10. The maximum atomic E-state index is 12.4. The van der Waals surface area contributed by atoms with E-state index < -0.39 is 0 Å². The van der Waals surface area contributed by atoms with Gasteiger partial charge < -0.3 is 24.1 Å². The molecule has 2 aromatic carbocycles. The van der Waals surface area contributed by atoms with E-state index >= 15 is 0 Å². The molecule has 0 saturated heterocycles. The third kappa shape index (κ3) is 4.74. The number of carbonyl (C=O) groups is 1. The summed E-state index contributed by atoms with van der Waals surface area (Å²) in [4.78, 5) is 12.4. The molecule has 0 aliphatic carbocycles. The molecule has 0 atom stereocenters. The SMILES string of the molecule is COCOc1ccc(/C=C/C(=O)c2c(O)cc(OC)cc2OC)cc1. The summed E-state index contributed by atoms with van der Waals surface area (Å²) >= 11 is 0. The topological polar surface area (TPSA) is 74.2 Å². The second kappa shape index (κ2) is 8.75. The number of aromatic hydroxyl groups is 1. The minimum atomic E-state index is -0.378. The fourth-order valence-corrected chi connectivity index (χ4v) is 2.16. The summed E-state index contributed by atoms with van der Waals surface area (Å²) in [5.41, 5.74) is 0.893. The van der Waals surface area contributed by atoms with E-state index in [0.717, 1.165) is 5.56 Å². The lowest BCUT2D eigenvalue weighted by atomic mass is 10.1. The van der Waals surface area contributed by atoms with Crippen molar-refractivity contribution >= 4 is 11.9 Å². The highest BCUT2D eigenvalue weighted by atomic mass is 16.7. The third-order valence-electron chi connectivity index (χ3n) is 3.41. The number of allylic oxidation sites excluding steroid dienone is 1. The second-order valence-corrected chi connectivity index (χ2v) is 5.04. The average Bonchev–Trinajstić information content (AvgIpc) is 2.64. The summed E-state index contributed by atoms with van der Waals surface area (Å²) in [7, 11) is 4.44. The number of phenolic OH excluding ortho intramolecular Hbond substituents is 1. The van der Waals surface area contributed by atoms with Crippen LogP contribution in [-0.4, -0.2) is 39.0 Å². The Morgan fingerprint density at radius 1 is 1.04 bits per heavy atom. The molecule has 0 aromatic heterocycles. The monoisotopic (exact) mass is 344 g/mol. The lowest BCUT2D eigenvalue weighted by Gasteiger charge is -2.10. The second-order valence-electron chi connectivity index (χ2n) is 5.04. The molecular formula is C19H20O6. The van der Waals surface area contributed by atoms with Gasteiger partial charge in [0.1, 0.15) is 28.6 Å². The molecule has 0 unspecified atom stereocenters. The Morgan fingerprint density at radius 3 is 2.36 bits per heavy atom. The zero-order valence-corrected chi connectivity index (χ0v) is 14.3. The Balaban J connectivity index is 2.17. The largest absolute Gasteiger partial charge is 0.507 e. The Bertz CT molecular complexity index is 749. The number of hydrogen-bond donors (Lipinski definition) is 1. The van der Waals surface area contributed by atoms with Crippen molar-refractivity contribution in [1.82, 2.24) is 0 Å². The van der Waals surface area contributed by atoms with Gasteiger partial charge in [-0.05, 0) is 23.8 Å². The van der Waals surface area contributed by atoms with Crippen LogP contribution in [0.4, 0.5) is 0 Å². The van der Waals surface area contributed by atoms with E-state index in [1.165, 1.54) is 26.4 Å². The van der Waals surface area contributed by atoms with E-state index in [-0.39, 0.29) is 29.6 Å². The first-order valence-electron chi connectivity index (χ1n) is 7.48. The first kappa shape index (κ1) is 18.4. The van der Waals surface area contributed by atoms with Gasteiger partial charge in [0.15, 0.2) is 12.6 Å². The van der Waals surface area contributed by atoms with Gasteiger partial charge in [-0.3, -0.25) is 4.79 Å². The van der Waals surface area contributed by atoms with Gasteiger partial charge in [-0.15, -0.1) is 0 Å². The van der Waals surface area contributed by atoms with Gasteiger partial charge in [0.2, 0.25) is 0 Å². The fourth-order valence-electron chi connectivity index (χ4n) is 2.16. The minimum Gasteiger partial charge on any atom is -0.507 e. The Morgan fingerprint density at radius 2 is 1.76 bits per heavy atom. The predicted molar refractivity (Wildman–Crippen MR) is 93.5 cm³/mol. The van der Waals surface area contributed by atoms with Crippen LogP contribution in [0.2, 0.25) is 0 Å². The molecule has 1 N–H and O–H groups in total. The zero-order valence-electron chi connectivity index (χ0n) is 14.3. The molecule has 25 heavy (non-hydrogen) atoms. The Kier molecular flexibility index (Phi) is 6.42. The van der Waals surface area contributed by atoms with Crippen molar-refractivity contribution in [3.05, 3.63) is 53.6 Å². The van der Waals surface area contributed by atoms with Crippen molar-refractivity contribution in [2.75, 3.05) is 28.1 Å². The smallest absolute Gasteiger partial charge is 0.193 e. The number of methoxy groups -OCH3 is 3. The minimum absolute atomic E-state index is 0.0830. The van der Waals surface area contributed by atoms with Crippen molar-refractivity contribution in [3.8, 4) is 23.0 Å². The van der Waals surface area contributed by atoms with Gasteiger partial charge in [0.25, 0.3) is 0 Å². The van der Waals surface area contributed by atoms with Crippen LogP contribution in [0.3, 0.4) is 0 Å². The van der Waals surface area contributed by atoms with Crippen LogP contribution in [0, 0.1) is 0 Å². The Hall–Kier alpha value is -2.99. The molecule has 0 radical (unpaired) electrons. The van der Waals surface area contributed by atoms with Crippen molar-refractivity contribution < 1.29 is 28.8 Å². The third-order valence-corrected chi connectivity index (χ3v) is 3.41. The number of benzene rings is 2. The summed E-state index contributed by atoms with van der Waals surface area (Å²) in [5.74, 6) is 0.738. The van der Waals surface area contributed by atoms with Crippen LogP contribution in [-0.2, 0) is 4.74 Å². The van der Waals surface area contributed by atoms with Crippen molar-refractivity contribution in [1.29, 1.82) is 0 Å². The molecule has 6 heteroatoms. The van der Waals surface area contributed by atoms with Gasteiger partial charge in [-0.2, -0.15) is 0 Å². The molecule has 0 heterocycles. The number of carbonyl (C=O) groups excluding carboxylic acids is 1. The highest BCUT2D eigenvalue weighted by Crippen LogP contribution is 2.33.